The molecule has 0 fully saturated rings. The third kappa shape index (κ3) is 4.56. The van der Waals surface area contributed by atoms with Crippen LogP contribution in [0.1, 0.15) is 15.9 Å². The summed E-state index contributed by atoms with van der Waals surface area (Å²) in [4.78, 5) is 24.1. The zero-order valence-electron chi connectivity index (χ0n) is 15.6. The SMILES string of the molecule is COc1ccc(C#N)cc1NC(=O)c1cc([N+](=O)[O-])ccc1Sc1ccccc1F. The van der Waals surface area contributed by atoms with E-state index in [2.05, 4.69) is 5.32 Å². The Morgan fingerprint density at radius 1 is 1.17 bits per heavy atom. The van der Waals surface area contributed by atoms with Crippen LogP contribution in [-0.4, -0.2) is 17.9 Å². The third-order valence-corrected chi connectivity index (χ3v) is 5.18. The van der Waals surface area contributed by atoms with Gasteiger partial charge in [0.2, 0.25) is 0 Å². The number of rotatable bonds is 6. The molecule has 0 spiro atoms. The Balaban J connectivity index is 2.02. The number of hydrogen-bond donors (Lipinski definition) is 1. The molecule has 0 bridgehead atoms. The van der Waals surface area contributed by atoms with Gasteiger partial charge in [0.05, 0.1) is 34.9 Å². The number of nitro groups is 1. The van der Waals surface area contributed by atoms with E-state index in [9.17, 15) is 19.3 Å². The number of nitrogens with zero attached hydrogens (tertiary/aromatic N) is 2. The van der Waals surface area contributed by atoms with Crippen LogP contribution in [0.2, 0.25) is 0 Å². The van der Waals surface area contributed by atoms with Gasteiger partial charge in [0.25, 0.3) is 11.6 Å². The molecule has 0 aromatic heterocycles. The maximum atomic E-state index is 14.1. The average Bonchev–Trinajstić information content (AvgIpc) is 2.75. The van der Waals surface area contributed by atoms with Crippen LogP contribution in [0.25, 0.3) is 0 Å². The summed E-state index contributed by atoms with van der Waals surface area (Å²) in [6.07, 6.45) is 0. The maximum absolute atomic E-state index is 14.1. The number of hydrogen-bond acceptors (Lipinski definition) is 6. The summed E-state index contributed by atoms with van der Waals surface area (Å²) in [7, 11) is 1.41. The van der Waals surface area contributed by atoms with Crippen molar-refractivity contribution in [3.05, 3.63) is 87.7 Å². The number of carbonyl (C=O) groups is 1. The first-order chi connectivity index (χ1) is 14.4. The Hall–Kier alpha value is -3.90. The largest absolute Gasteiger partial charge is 0.495 e. The van der Waals surface area contributed by atoms with Crippen molar-refractivity contribution in [2.24, 2.45) is 0 Å². The molecule has 0 aliphatic rings. The minimum absolute atomic E-state index is 0.0122. The normalized spacial score (nSPS) is 10.2. The zero-order chi connectivity index (χ0) is 21.7. The third-order valence-electron chi connectivity index (χ3n) is 4.05. The summed E-state index contributed by atoms with van der Waals surface area (Å²) in [6.45, 7) is 0. The monoisotopic (exact) mass is 423 g/mol. The van der Waals surface area contributed by atoms with Crippen LogP contribution in [0.5, 0.6) is 5.75 Å². The van der Waals surface area contributed by atoms with Gasteiger partial charge in [0.1, 0.15) is 11.6 Å². The predicted molar refractivity (Wildman–Crippen MR) is 109 cm³/mol. The van der Waals surface area contributed by atoms with Gasteiger partial charge < -0.3 is 10.1 Å². The first-order valence-electron chi connectivity index (χ1n) is 8.53. The van der Waals surface area contributed by atoms with E-state index in [0.717, 1.165) is 17.8 Å². The fourth-order valence-electron chi connectivity index (χ4n) is 2.61. The highest BCUT2D eigenvalue weighted by Crippen LogP contribution is 2.35. The fraction of sp³-hybridized carbons (Fsp3) is 0.0476. The van der Waals surface area contributed by atoms with E-state index in [-0.39, 0.29) is 21.8 Å². The molecule has 1 amide bonds. The minimum Gasteiger partial charge on any atom is -0.495 e. The molecule has 150 valence electrons. The van der Waals surface area contributed by atoms with Gasteiger partial charge in [-0.25, -0.2) is 4.39 Å². The summed E-state index contributed by atoms with van der Waals surface area (Å²) in [5, 5.41) is 22.9. The summed E-state index contributed by atoms with van der Waals surface area (Å²) in [6, 6.07) is 16.2. The van der Waals surface area contributed by atoms with Crippen molar-refractivity contribution in [3.63, 3.8) is 0 Å². The molecule has 3 aromatic carbocycles. The number of methoxy groups -OCH3 is 1. The first kappa shape index (κ1) is 20.8. The van der Waals surface area contributed by atoms with Crippen molar-refractivity contribution >= 4 is 29.0 Å². The molecule has 1 N–H and O–H groups in total. The van der Waals surface area contributed by atoms with Gasteiger partial charge in [0, 0.05) is 21.9 Å². The second-order valence-corrected chi connectivity index (χ2v) is 7.03. The van der Waals surface area contributed by atoms with Gasteiger partial charge >= 0.3 is 0 Å². The number of benzene rings is 3. The van der Waals surface area contributed by atoms with Crippen LogP contribution in [-0.2, 0) is 0 Å². The number of amides is 1. The second-order valence-electron chi connectivity index (χ2n) is 5.95. The van der Waals surface area contributed by atoms with Crippen molar-refractivity contribution < 1.29 is 18.8 Å². The van der Waals surface area contributed by atoms with Crippen molar-refractivity contribution in [1.82, 2.24) is 0 Å². The number of non-ortho nitro benzene ring substituents is 1. The number of anilines is 1. The molecule has 30 heavy (non-hydrogen) atoms. The van der Waals surface area contributed by atoms with Crippen LogP contribution < -0.4 is 10.1 Å². The summed E-state index contributed by atoms with van der Waals surface area (Å²) < 4.78 is 19.3. The summed E-state index contributed by atoms with van der Waals surface area (Å²) >= 11 is 0.976. The smallest absolute Gasteiger partial charge is 0.270 e. The summed E-state index contributed by atoms with van der Waals surface area (Å²) in [5.41, 5.74) is 0.235. The second kappa shape index (κ2) is 9.07. The lowest BCUT2D eigenvalue weighted by Crippen LogP contribution is -2.14. The highest BCUT2D eigenvalue weighted by Gasteiger charge is 2.20. The van der Waals surface area contributed by atoms with Gasteiger partial charge in [-0.05, 0) is 36.4 Å². The highest BCUT2D eigenvalue weighted by molar-refractivity contribution is 7.99. The van der Waals surface area contributed by atoms with Gasteiger partial charge in [-0.2, -0.15) is 5.26 Å². The lowest BCUT2D eigenvalue weighted by Gasteiger charge is -2.13. The van der Waals surface area contributed by atoms with Crippen molar-refractivity contribution in [2.45, 2.75) is 9.79 Å². The summed E-state index contributed by atoms with van der Waals surface area (Å²) in [5.74, 6) is -0.822. The van der Waals surface area contributed by atoms with Gasteiger partial charge in [-0.15, -0.1) is 0 Å². The van der Waals surface area contributed by atoms with Crippen LogP contribution >= 0.6 is 11.8 Å². The quantitative estimate of drug-likeness (QED) is 0.441. The number of nitro benzene ring substituents is 1. The van der Waals surface area contributed by atoms with Crippen molar-refractivity contribution in [3.8, 4) is 11.8 Å². The van der Waals surface area contributed by atoms with Gasteiger partial charge in [0.15, 0.2) is 0 Å². The number of carbonyl (C=O) groups excluding carboxylic acids is 1. The van der Waals surface area contributed by atoms with E-state index in [1.165, 1.54) is 49.6 Å². The molecule has 7 nitrogen and oxygen atoms in total. The van der Waals surface area contributed by atoms with Crippen molar-refractivity contribution in [1.29, 1.82) is 5.26 Å². The number of ether oxygens (including phenoxy) is 1. The zero-order valence-corrected chi connectivity index (χ0v) is 16.4. The average molecular weight is 423 g/mol. The molecular formula is C21H14FN3O4S. The Morgan fingerprint density at radius 3 is 2.60 bits per heavy atom. The number of nitriles is 1. The Bertz CT molecular complexity index is 1180. The lowest BCUT2D eigenvalue weighted by atomic mass is 10.1. The van der Waals surface area contributed by atoms with Crippen LogP contribution in [0.3, 0.4) is 0 Å². The molecule has 3 rings (SSSR count). The Labute approximate surface area is 175 Å². The highest BCUT2D eigenvalue weighted by atomic mass is 32.2. The predicted octanol–water partition coefficient (Wildman–Crippen LogP) is 5.02. The molecule has 0 aliphatic heterocycles. The van der Waals surface area contributed by atoms with Crippen molar-refractivity contribution in [2.75, 3.05) is 12.4 Å². The topological polar surface area (TPSA) is 105 Å². The lowest BCUT2D eigenvalue weighted by molar-refractivity contribution is -0.384. The van der Waals surface area contributed by atoms with Crippen LogP contribution in [0.4, 0.5) is 15.8 Å². The molecule has 0 saturated heterocycles. The first-order valence-corrected chi connectivity index (χ1v) is 9.35. The molecule has 0 saturated carbocycles. The minimum atomic E-state index is -0.661. The van der Waals surface area contributed by atoms with Crippen LogP contribution in [0.15, 0.2) is 70.5 Å². The van der Waals surface area contributed by atoms with Crippen LogP contribution in [0, 0.1) is 27.3 Å². The molecule has 0 heterocycles. The van der Waals surface area contributed by atoms with Gasteiger partial charge in [-0.3, -0.25) is 14.9 Å². The molecule has 3 aromatic rings. The molecular weight excluding hydrogens is 409 g/mol. The van der Waals surface area contributed by atoms with E-state index in [1.807, 2.05) is 6.07 Å². The van der Waals surface area contributed by atoms with E-state index >= 15 is 0 Å². The van der Waals surface area contributed by atoms with E-state index in [0.29, 0.717) is 16.2 Å². The Morgan fingerprint density at radius 2 is 1.93 bits per heavy atom. The molecule has 0 unspecified atom stereocenters. The fourth-order valence-corrected chi connectivity index (χ4v) is 3.56. The van der Waals surface area contributed by atoms with E-state index < -0.39 is 16.6 Å². The number of halogens is 1. The van der Waals surface area contributed by atoms with Gasteiger partial charge in [-0.1, -0.05) is 23.9 Å². The Kier molecular flexibility index (Phi) is 6.29. The molecule has 0 radical (unpaired) electrons. The number of nitrogens with one attached hydrogen (secondary N) is 1. The molecule has 0 aliphatic carbocycles. The van der Waals surface area contributed by atoms with E-state index in [4.69, 9.17) is 10.00 Å². The molecule has 0 atom stereocenters. The maximum Gasteiger partial charge on any atom is 0.270 e. The van der Waals surface area contributed by atoms with E-state index in [1.54, 1.807) is 12.1 Å². The molecule has 9 heteroatoms. The standard InChI is InChI=1S/C21H14FN3O4S/c1-29-18-8-6-13(12-23)10-17(18)24-21(26)15-11-14(25(27)28)7-9-19(15)30-20-5-3-2-4-16(20)22/h2-11H,1H3,(H,24,26).